The molecular formula is C40H44N12O22S6. The standard InChI is InChI=1S/C40H44N12O22S6/c53-15-11-51(12-16-54)39-47-35(45-37(49-39)43-29-22-28(78(60,61)62)8-9-31(29)76-73-70-58)41-25-5-3-23(32(19-25)77-74-71-59)1-2-24-4-6-26(20-34(24)80(66,67)68)42-36-46-38(50-40(48-36)52(13-17-55)14-18-56)44-30-21-27(75-72-69-57)7-10-33(30)79(63,64)65/h1-10,19-22,53-59H,11-18H2,(H,60,61,62)(H,63,64,65)(H,66,67,68)(H2,41,43,45,47,49)(H2,42,44,46,48,50). The smallest absolute Gasteiger partial charge is 0.296 e. The third kappa shape index (κ3) is 18.1. The minimum Gasteiger partial charge on any atom is -0.395 e. The van der Waals surface area contributed by atoms with Crippen LogP contribution >= 0.6 is 36.1 Å². The molecule has 0 aliphatic carbocycles. The van der Waals surface area contributed by atoms with Gasteiger partial charge in [0.15, 0.2) is 0 Å². The van der Waals surface area contributed by atoms with E-state index < -0.39 is 77.4 Å². The summed E-state index contributed by atoms with van der Waals surface area (Å²) in [4.78, 5) is 27.1. The molecule has 6 rings (SSSR count). The molecule has 0 atom stereocenters. The summed E-state index contributed by atoms with van der Waals surface area (Å²) in [6, 6.07) is 14.6. The number of nitrogens with zero attached hydrogens (tertiary/aromatic N) is 8. The van der Waals surface area contributed by atoms with Gasteiger partial charge in [0.05, 0.1) is 83.7 Å². The molecule has 0 aliphatic rings. The maximum absolute atomic E-state index is 12.9. The van der Waals surface area contributed by atoms with Gasteiger partial charge in [0, 0.05) is 47.3 Å². The molecule has 80 heavy (non-hydrogen) atoms. The van der Waals surface area contributed by atoms with Crippen LogP contribution in [0.2, 0.25) is 0 Å². The molecule has 6 aromatic rings. The summed E-state index contributed by atoms with van der Waals surface area (Å²) in [5.74, 6) is -1.55. The Bertz CT molecular complexity index is 3460. The molecule has 0 bridgehead atoms. The highest BCUT2D eigenvalue weighted by Crippen LogP contribution is 2.36. The molecule has 34 nitrogen and oxygen atoms in total. The van der Waals surface area contributed by atoms with E-state index in [0.29, 0.717) is 36.1 Å². The van der Waals surface area contributed by atoms with Crippen LogP contribution in [0.15, 0.2) is 102 Å². The lowest BCUT2D eigenvalue weighted by Gasteiger charge is -2.22. The second-order valence-electron chi connectivity index (χ2n) is 15.2. The number of nitrogens with one attached hydrogen (secondary N) is 4. The van der Waals surface area contributed by atoms with Crippen molar-refractivity contribution in [1.82, 2.24) is 29.9 Å². The lowest BCUT2D eigenvalue weighted by molar-refractivity contribution is -0.432. The fraction of sp³-hybridized carbons (Fsp3) is 0.200. The van der Waals surface area contributed by atoms with E-state index in [0.717, 1.165) is 30.3 Å². The summed E-state index contributed by atoms with van der Waals surface area (Å²) in [5, 5.41) is 87.7. The Balaban J connectivity index is 1.34. The van der Waals surface area contributed by atoms with Gasteiger partial charge < -0.3 is 51.5 Å². The predicted octanol–water partition coefficient (Wildman–Crippen LogP) is 3.81. The monoisotopic (exact) mass is 1240 g/mol. The summed E-state index contributed by atoms with van der Waals surface area (Å²) in [6.07, 6.45) is 2.68. The Labute approximate surface area is 464 Å². The van der Waals surface area contributed by atoms with Crippen LogP contribution in [0.5, 0.6) is 0 Å². The molecule has 0 spiro atoms. The van der Waals surface area contributed by atoms with Crippen molar-refractivity contribution in [1.29, 1.82) is 0 Å². The fourth-order valence-corrected chi connectivity index (χ4v) is 9.88. The first-order valence-corrected chi connectivity index (χ1v) is 28.4. The molecule has 0 amide bonds. The van der Waals surface area contributed by atoms with Crippen molar-refractivity contribution in [2.75, 3.05) is 83.7 Å². The lowest BCUT2D eigenvalue weighted by Crippen LogP contribution is -2.31. The number of aliphatic hydroxyl groups excluding tert-OH is 4. The molecule has 40 heteroatoms. The van der Waals surface area contributed by atoms with Gasteiger partial charge in [0.2, 0.25) is 35.7 Å². The first-order chi connectivity index (χ1) is 38.2. The van der Waals surface area contributed by atoms with Gasteiger partial charge in [-0.15, -0.1) is 13.0 Å². The predicted molar refractivity (Wildman–Crippen MR) is 282 cm³/mol. The molecule has 4 aromatic carbocycles. The number of benzene rings is 4. The van der Waals surface area contributed by atoms with E-state index in [2.05, 4.69) is 75.0 Å². The molecule has 2 aromatic heterocycles. The zero-order chi connectivity index (χ0) is 58.0. The normalized spacial score (nSPS) is 12.0. The second kappa shape index (κ2) is 29.4. The summed E-state index contributed by atoms with van der Waals surface area (Å²) >= 11 is 1.34. The van der Waals surface area contributed by atoms with Crippen LogP contribution in [0.4, 0.5) is 58.4 Å². The van der Waals surface area contributed by atoms with Gasteiger partial charge >= 0.3 is 0 Å². The van der Waals surface area contributed by atoms with Crippen molar-refractivity contribution in [3.05, 3.63) is 83.9 Å². The number of hydrogen-bond acceptors (Lipinski definition) is 34. The molecule has 0 unspecified atom stereocenters. The molecule has 14 N–H and O–H groups in total. The van der Waals surface area contributed by atoms with Crippen LogP contribution in [0, 0.1) is 0 Å². The van der Waals surface area contributed by atoms with Crippen LogP contribution < -0.4 is 31.1 Å². The third-order valence-electron chi connectivity index (χ3n) is 9.99. The molecule has 0 aliphatic heterocycles. The number of aliphatic hydroxyl groups is 4. The van der Waals surface area contributed by atoms with Crippen molar-refractivity contribution in [2.45, 2.75) is 29.4 Å². The van der Waals surface area contributed by atoms with E-state index in [1.54, 1.807) is 0 Å². The van der Waals surface area contributed by atoms with Crippen molar-refractivity contribution in [2.24, 2.45) is 0 Å². The highest BCUT2D eigenvalue weighted by molar-refractivity contribution is 7.95. The third-order valence-corrected chi connectivity index (χ3v) is 14.6. The van der Waals surface area contributed by atoms with Crippen molar-refractivity contribution < 1.29 is 103 Å². The number of rotatable bonds is 32. The Hall–Kier alpha value is -6.30. The lowest BCUT2D eigenvalue weighted by atomic mass is 10.1. The SMILES string of the molecule is O=S(=O)(O)c1ccc(SOOO)c(Nc2nc(Nc3ccc(C=Cc4ccc(Nc5nc(Nc6cc(SOOO)ccc6S(=O)(=O)O)nc(N(CCO)CCO)n5)cc4S(=O)(=O)O)c(SOOO)c3)nc(N(CCO)CCO)n2)c1. The molecule has 0 radical (unpaired) electrons. The molecule has 0 saturated carbocycles. The number of anilines is 10. The molecule has 432 valence electrons. The van der Waals surface area contributed by atoms with E-state index in [1.807, 2.05) is 0 Å². The van der Waals surface area contributed by atoms with Gasteiger partial charge in [-0.3, -0.25) is 13.7 Å². The quantitative estimate of drug-likeness (QED) is 0.00938. The molecule has 0 saturated heterocycles. The summed E-state index contributed by atoms with van der Waals surface area (Å²) in [5.41, 5.74) is -0.0806. The van der Waals surface area contributed by atoms with Gasteiger partial charge in [-0.1, -0.05) is 39.4 Å². The highest BCUT2D eigenvalue weighted by atomic mass is 32.2. The molecule has 2 heterocycles. The molecular weight excluding hydrogens is 1190 g/mol. The average Bonchev–Trinajstić information content (AvgIpc) is 3.48. The minimum atomic E-state index is -5.04. The Morgan fingerprint density at radius 3 is 1.43 bits per heavy atom. The summed E-state index contributed by atoms with van der Waals surface area (Å²) < 4.78 is 118. The largest absolute Gasteiger partial charge is 0.395 e. The number of aromatic nitrogens is 6. The highest BCUT2D eigenvalue weighted by Gasteiger charge is 2.23. The van der Waals surface area contributed by atoms with Gasteiger partial charge in [0.25, 0.3) is 30.4 Å². The maximum atomic E-state index is 12.9. The van der Waals surface area contributed by atoms with Crippen LogP contribution in [0.1, 0.15) is 11.1 Å². The van der Waals surface area contributed by atoms with Crippen LogP contribution in [0.25, 0.3) is 12.2 Å². The minimum absolute atomic E-state index is 0.0564. The first-order valence-electron chi connectivity index (χ1n) is 21.8. The van der Waals surface area contributed by atoms with E-state index >= 15 is 0 Å². The van der Waals surface area contributed by atoms with Gasteiger partial charge in [-0.2, -0.15) is 55.2 Å². The summed E-state index contributed by atoms with van der Waals surface area (Å²) in [7, 11) is -14.7. The maximum Gasteiger partial charge on any atom is 0.296 e. The first kappa shape index (κ1) is 62.9. The average molecular weight is 1240 g/mol. The zero-order valence-electron chi connectivity index (χ0n) is 40.1. The fourth-order valence-electron chi connectivity index (χ4n) is 6.70. The van der Waals surface area contributed by atoms with E-state index in [-0.39, 0.29) is 104 Å². The Morgan fingerprint density at radius 1 is 0.463 bits per heavy atom. The van der Waals surface area contributed by atoms with Crippen molar-refractivity contribution in [3.8, 4) is 0 Å². The summed E-state index contributed by atoms with van der Waals surface area (Å²) in [6.45, 7) is -2.14. The zero-order valence-corrected chi connectivity index (χ0v) is 45.0. The van der Waals surface area contributed by atoms with Gasteiger partial charge in [0.1, 0.15) is 9.79 Å². The van der Waals surface area contributed by atoms with Crippen LogP contribution in [-0.4, -0.2) is 158 Å². The van der Waals surface area contributed by atoms with E-state index in [9.17, 15) is 59.3 Å². The van der Waals surface area contributed by atoms with Crippen LogP contribution in [0.3, 0.4) is 0 Å². The van der Waals surface area contributed by atoms with E-state index in [4.69, 9.17) is 20.1 Å². The van der Waals surface area contributed by atoms with Crippen molar-refractivity contribution >= 4 is 137 Å². The Kier molecular flexibility index (Phi) is 23.1. The molecule has 0 fully saturated rings. The van der Waals surface area contributed by atoms with E-state index in [1.165, 1.54) is 64.4 Å². The number of hydrogen-bond donors (Lipinski definition) is 14. The van der Waals surface area contributed by atoms with Gasteiger partial charge in [-0.05, 0) is 71.8 Å². The van der Waals surface area contributed by atoms with Crippen molar-refractivity contribution in [3.63, 3.8) is 0 Å². The van der Waals surface area contributed by atoms with Crippen LogP contribution in [-0.2, 0) is 58.5 Å². The Morgan fingerprint density at radius 2 is 0.925 bits per heavy atom. The topological polar surface area (TPSA) is 492 Å². The second-order valence-corrected chi connectivity index (χ2v) is 21.7. The van der Waals surface area contributed by atoms with Gasteiger partial charge in [-0.25, -0.2) is 15.8 Å².